The molecule has 0 spiro atoms. The molecule has 0 bridgehead atoms. The summed E-state index contributed by atoms with van der Waals surface area (Å²) >= 11 is 3.05. The van der Waals surface area contributed by atoms with Crippen molar-refractivity contribution in [3.05, 3.63) is 69.2 Å². The quantitative estimate of drug-likeness (QED) is 0.888. The fourth-order valence-corrected chi connectivity index (χ4v) is 2.34. The van der Waals surface area contributed by atoms with Crippen LogP contribution in [0.5, 0.6) is 0 Å². The zero-order valence-corrected chi connectivity index (χ0v) is 11.3. The second-order valence-electron chi connectivity index (χ2n) is 4.12. The van der Waals surface area contributed by atoms with E-state index in [-0.39, 0.29) is 5.56 Å². The minimum absolute atomic E-state index is 0.104. The van der Waals surface area contributed by atoms with Crippen LogP contribution in [0.3, 0.4) is 0 Å². The maximum atomic E-state index is 13.8. The summed E-state index contributed by atoms with van der Waals surface area (Å²) in [7, 11) is 0. The highest BCUT2D eigenvalue weighted by Gasteiger charge is 2.20. The van der Waals surface area contributed by atoms with Gasteiger partial charge in [0.05, 0.1) is 6.04 Å². The van der Waals surface area contributed by atoms with E-state index < -0.39 is 17.7 Å². The molecule has 0 aliphatic heterocycles. The Morgan fingerprint density at radius 3 is 2.22 bits per heavy atom. The zero-order chi connectivity index (χ0) is 13.3. The highest BCUT2D eigenvalue weighted by molar-refractivity contribution is 9.10. The number of nitrogens with two attached hydrogens (primary N) is 1. The smallest absolute Gasteiger partial charge is 0.132 e. The lowest BCUT2D eigenvalue weighted by Crippen LogP contribution is -2.16. The van der Waals surface area contributed by atoms with Crippen LogP contribution >= 0.6 is 15.9 Å². The highest BCUT2D eigenvalue weighted by atomic mass is 79.9. The van der Waals surface area contributed by atoms with Gasteiger partial charge in [0.15, 0.2) is 0 Å². The SMILES string of the molecule is Cc1ccccc1C(N)c1c(F)cc(Br)cc1F. The third-order valence-electron chi connectivity index (χ3n) is 2.88. The Morgan fingerprint density at radius 2 is 1.67 bits per heavy atom. The Kier molecular flexibility index (Phi) is 3.78. The standard InChI is InChI=1S/C14H12BrF2N/c1-8-4-2-3-5-10(8)14(18)13-11(16)6-9(15)7-12(13)17/h2-7,14H,18H2,1H3. The maximum Gasteiger partial charge on any atom is 0.132 e. The maximum absolute atomic E-state index is 13.8. The summed E-state index contributed by atoms with van der Waals surface area (Å²) in [6.07, 6.45) is 0. The van der Waals surface area contributed by atoms with E-state index in [9.17, 15) is 8.78 Å². The fraction of sp³-hybridized carbons (Fsp3) is 0.143. The lowest BCUT2D eigenvalue weighted by molar-refractivity contribution is 0.541. The van der Waals surface area contributed by atoms with Gasteiger partial charge in [0.1, 0.15) is 11.6 Å². The highest BCUT2D eigenvalue weighted by Crippen LogP contribution is 2.29. The Labute approximate surface area is 113 Å². The number of hydrogen-bond acceptors (Lipinski definition) is 1. The van der Waals surface area contributed by atoms with Gasteiger partial charge in [0.2, 0.25) is 0 Å². The molecule has 0 aliphatic rings. The van der Waals surface area contributed by atoms with E-state index in [1.807, 2.05) is 19.1 Å². The summed E-state index contributed by atoms with van der Waals surface area (Å²) in [5.41, 5.74) is 7.50. The van der Waals surface area contributed by atoms with Crippen molar-refractivity contribution in [3.8, 4) is 0 Å². The molecule has 2 aromatic carbocycles. The average molecular weight is 312 g/mol. The molecule has 0 fully saturated rings. The van der Waals surface area contributed by atoms with Crippen LogP contribution < -0.4 is 5.73 Å². The van der Waals surface area contributed by atoms with Gasteiger partial charge < -0.3 is 5.73 Å². The first-order valence-electron chi connectivity index (χ1n) is 5.46. The Hall–Kier alpha value is -1.26. The molecule has 2 aromatic rings. The summed E-state index contributed by atoms with van der Waals surface area (Å²) in [5, 5.41) is 0. The number of hydrogen-bond donors (Lipinski definition) is 1. The van der Waals surface area contributed by atoms with Crippen LogP contribution in [-0.4, -0.2) is 0 Å². The minimum atomic E-state index is -0.806. The number of benzene rings is 2. The second kappa shape index (κ2) is 5.16. The number of halogens is 3. The summed E-state index contributed by atoms with van der Waals surface area (Å²) in [6.45, 7) is 1.86. The van der Waals surface area contributed by atoms with E-state index in [1.54, 1.807) is 12.1 Å². The molecule has 4 heteroatoms. The molecule has 94 valence electrons. The fourth-order valence-electron chi connectivity index (χ4n) is 1.94. The van der Waals surface area contributed by atoms with E-state index in [0.29, 0.717) is 4.47 Å². The van der Waals surface area contributed by atoms with Crippen molar-refractivity contribution >= 4 is 15.9 Å². The van der Waals surface area contributed by atoms with E-state index in [1.165, 1.54) is 12.1 Å². The molecule has 1 nitrogen and oxygen atoms in total. The third kappa shape index (κ3) is 2.44. The Bertz CT molecular complexity index is 561. The van der Waals surface area contributed by atoms with Crippen molar-refractivity contribution in [1.82, 2.24) is 0 Å². The lowest BCUT2D eigenvalue weighted by Gasteiger charge is -2.16. The molecular formula is C14H12BrF2N. The van der Waals surface area contributed by atoms with Crippen molar-refractivity contribution in [2.75, 3.05) is 0 Å². The monoisotopic (exact) mass is 311 g/mol. The van der Waals surface area contributed by atoms with Gasteiger partial charge in [0, 0.05) is 10.0 Å². The molecule has 0 radical (unpaired) electrons. The van der Waals surface area contributed by atoms with E-state index in [2.05, 4.69) is 15.9 Å². The van der Waals surface area contributed by atoms with Gasteiger partial charge in [0.25, 0.3) is 0 Å². The molecule has 0 saturated heterocycles. The van der Waals surface area contributed by atoms with Crippen LogP contribution in [0.2, 0.25) is 0 Å². The minimum Gasteiger partial charge on any atom is -0.320 e. The molecule has 2 rings (SSSR count). The zero-order valence-electron chi connectivity index (χ0n) is 9.75. The average Bonchev–Trinajstić information content (AvgIpc) is 2.27. The lowest BCUT2D eigenvalue weighted by atomic mass is 9.95. The molecule has 1 unspecified atom stereocenters. The molecule has 0 aromatic heterocycles. The molecule has 0 heterocycles. The van der Waals surface area contributed by atoms with Crippen LogP contribution in [0.1, 0.15) is 22.7 Å². The molecule has 18 heavy (non-hydrogen) atoms. The molecule has 1 atom stereocenters. The number of rotatable bonds is 2. The largest absolute Gasteiger partial charge is 0.320 e. The van der Waals surface area contributed by atoms with Crippen LogP contribution in [-0.2, 0) is 0 Å². The van der Waals surface area contributed by atoms with Crippen LogP contribution in [0, 0.1) is 18.6 Å². The van der Waals surface area contributed by atoms with Crippen molar-refractivity contribution in [2.24, 2.45) is 5.73 Å². The van der Waals surface area contributed by atoms with Gasteiger partial charge >= 0.3 is 0 Å². The molecule has 0 saturated carbocycles. The van der Waals surface area contributed by atoms with Gasteiger partial charge in [-0.05, 0) is 30.2 Å². The van der Waals surface area contributed by atoms with E-state index >= 15 is 0 Å². The predicted octanol–water partition coefficient (Wildman–Crippen LogP) is 4.08. The molecule has 0 amide bonds. The van der Waals surface area contributed by atoms with Crippen molar-refractivity contribution < 1.29 is 8.78 Å². The molecule has 0 aliphatic carbocycles. The molecule has 2 N–H and O–H groups in total. The normalized spacial score (nSPS) is 12.5. The van der Waals surface area contributed by atoms with Crippen LogP contribution in [0.4, 0.5) is 8.78 Å². The first-order chi connectivity index (χ1) is 8.50. The predicted molar refractivity (Wildman–Crippen MR) is 71.3 cm³/mol. The Morgan fingerprint density at radius 1 is 1.11 bits per heavy atom. The van der Waals surface area contributed by atoms with E-state index in [0.717, 1.165) is 11.1 Å². The van der Waals surface area contributed by atoms with Gasteiger partial charge in [-0.1, -0.05) is 40.2 Å². The van der Waals surface area contributed by atoms with E-state index in [4.69, 9.17) is 5.73 Å². The van der Waals surface area contributed by atoms with Gasteiger partial charge in [-0.25, -0.2) is 8.78 Å². The summed E-state index contributed by atoms with van der Waals surface area (Å²) in [6, 6.07) is 8.94. The van der Waals surface area contributed by atoms with Crippen molar-refractivity contribution in [2.45, 2.75) is 13.0 Å². The van der Waals surface area contributed by atoms with Crippen molar-refractivity contribution in [3.63, 3.8) is 0 Å². The van der Waals surface area contributed by atoms with Gasteiger partial charge in [-0.3, -0.25) is 0 Å². The first kappa shape index (κ1) is 13.2. The second-order valence-corrected chi connectivity index (χ2v) is 5.03. The Balaban J connectivity index is 2.53. The van der Waals surface area contributed by atoms with Crippen LogP contribution in [0.25, 0.3) is 0 Å². The van der Waals surface area contributed by atoms with Crippen molar-refractivity contribution in [1.29, 1.82) is 0 Å². The summed E-state index contributed by atoms with van der Waals surface area (Å²) in [5.74, 6) is -1.28. The summed E-state index contributed by atoms with van der Waals surface area (Å²) < 4.78 is 28.0. The number of aryl methyl sites for hydroxylation is 1. The van der Waals surface area contributed by atoms with Crippen LogP contribution in [0.15, 0.2) is 40.9 Å². The van der Waals surface area contributed by atoms with Gasteiger partial charge in [-0.2, -0.15) is 0 Å². The third-order valence-corrected chi connectivity index (χ3v) is 3.34. The molecular weight excluding hydrogens is 300 g/mol. The first-order valence-corrected chi connectivity index (χ1v) is 6.25. The summed E-state index contributed by atoms with van der Waals surface area (Å²) in [4.78, 5) is 0. The topological polar surface area (TPSA) is 26.0 Å². The van der Waals surface area contributed by atoms with Gasteiger partial charge in [-0.15, -0.1) is 0 Å².